The van der Waals surface area contributed by atoms with Gasteiger partial charge in [-0.25, -0.2) is 0 Å². The molecular weight excluding hydrogens is 404 g/mol. The van der Waals surface area contributed by atoms with Gasteiger partial charge in [0.05, 0.1) is 12.8 Å². The number of esters is 1. The average molecular weight is 428 g/mol. The number of ketones is 1. The van der Waals surface area contributed by atoms with Crippen LogP contribution in [0.1, 0.15) is 25.8 Å². The van der Waals surface area contributed by atoms with Gasteiger partial charge in [0.15, 0.2) is 12.4 Å². The first-order valence-electron chi connectivity index (χ1n) is 9.61. The van der Waals surface area contributed by atoms with E-state index in [0.717, 1.165) is 16.3 Å². The van der Waals surface area contributed by atoms with Crippen LogP contribution >= 0.6 is 0 Å². The van der Waals surface area contributed by atoms with Gasteiger partial charge in [0.1, 0.15) is 12.1 Å². The highest BCUT2D eigenvalue weighted by atomic mass is 16.5. The molecule has 0 saturated carbocycles. The van der Waals surface area contributed by atoms with Crippen LogP contribution in [0.5, 0.6) is 0 Å². The number of Topliss-reactive ketones (excluding diaryl/α,β-unsaturated/α-hetero) is 1. The van der Waals surface area contributed by atoms with Crippen molar-refractivity contribution in [2.45, 2.75) is 38.8 Å². The van der Waals surface area contributed by atoms with Crippen molar-refractivity contribution in [1.82, 2.24) is 10.6 Å². The molecule has 0 aliphatic heterocycles. The van der Waals surface area contributed by atoms with Crippen molar-refractivity contribution in [3.05, 3.63) is 48.0 Å². The van der Waals surface area contributed by atoms with E-state index in [0.29, 0.717) is 0 Å². The van der Waals surface area contributed by atoms with Crippen LogP contribution in [0.4, 0.5) is 0 Å². The van der Waals surface area contributed by atoms with E-state index < -0.39 is 54.6 Å². The molecule has 31 heavy (non-hydrogen) atoms. The van der Waals surface area contributed by atoms with Crippen molar-refractivity contribution in [3.8, 4) is 0 Å². The Morgan fingerprint density at radius 2 is 1.68 bits per heavy atom. The number of hydrogen-bond donors (Lipinski definition) is 3. The van der Waals surface area contributed by atoms with Crippen LogP contribution in [0.3, 0.4) is 0 Å². The Bertz CT molecular complexity index is 997. The minimum absolute atomic E-state index is 0.0653. The van der Waals surface area contributed by atoms with E-state index >= 15 is 0 Å². The van der Waals surface area contributed by atoms with Crippen molar-refractivity contribution in [3.63, 3.8) is 0 Å². The van der Waals surface area contributed by atoms with Crippen LogP contribution in [0, 0.1) is 0 Å². The van der Waals surface area contributed by atoms with E-state index in [-0.39, 0.29) is 6.42 Å². The number of fused-ring (bicyclic) bond motifs is 1. The van der Waals surface area contributed by atoms with E-state index in [1.807, 2.05) is 36.4 Å². The van der Waals surface area contributed by atoms with Crippen LogP contribution in [-0.2, 0) is 35.1 Å². The second kappa shape index (κ2) is 10.9. The summed E-state index contributed by atoms with van der Waals surface area (Å²) >= 11 is 0. The van der Waals surface area contributed by atoms with Gasteiger partial charge in [-0.1, -0.05) is 42.5 Å². The SMILES string of the molecule is CC(=O)N[C@@H](C)C(=O)N[C@@H](CC(=O)O)C(=O)COC(=O)Cc1cccc2ccccc12. The molecule has 2 aromatic rings. The predicted molar refractivity (Wildman–Crippen MR) is 111 cm³/mol. The lowest BCUT2D eigenvalue weighted by Crippen LogP contribution is -2.51. The second-order valence-electron chi connectivity index (χ2n) is 7.02. The fourth-order valence-corrected chi connectivity index (χ4v) is 2.99. The largest absolute Gasteiger partial charge is 0.481 e. The summed E-state index contributed by atoms with van der Waals surface area (Å²) in [7, 11) is 0. The maximum absolute atomic E-state index is 12.4. The van der Waals surface area contributed by atoms with Crippen LogP contribution in [0.2, 0.25) is 0 Å². The Labute approximate surface area is 178 Å². The quantitative estimate of drug-likeness (QED) is 0.479. The summed E-state index contributed by atoms with van der Waals surface area (Å²) in [5.74, 6) is -3.91. The summed E-state index contributed by atoms with van der Waals surface area (Å²) in [6.45, 7) is 1.93. The van der Waals surface area contributed by atoms with E-state index in [4.69, 9.17) is 9.84 Å². The third-order valence-electron chi connectivity index (χ3n) is 4.49. The van der Waals surface area contributed by atoms with Crippen LogP contribution in [0.25, 0.3) is 10.8 Å². The van der Waals surface area contributed by atoms with Gasteiger partial charge in [0.25, 0.3) is 0 Å². The maximum atomic E-state index is 12.4. The molecular formula is C22H24N2O7. The first kappa shape index (κ1) is 23.5. The number of amides is 2. The number of carboxylic acids is 1. The van der Waals surface area contributed by atoms with Crippen molar-refractivity contribution < 1.29 is 33.8 Å². The normalized spacial score (nSPS) is 12.5. The number of carboxylic acid groups (broad SMARTS) is 1. The number of aliphatic carboxylic acids is 1. The highest BCUT2D eigenvalue weighted by molar-refractivity contribution is 5.96. The predicted octanol–water partition coefficient (Wildman–Crippen LogP) is 0.979. The fraction of sp³-hybridized carbons (Fsp3) is 0.318. The Morgan fingerprint density at radius 1 is 1.00 bits per heavy atom. The highest BCUT2D eigenvalue weighted by Gasteiger charge is 2.27. The summed E-state index contributed by atoms with van der Waals surface area (Å²) in [5.41, 5.74) is 0.732. The molecule has 2 amide bonds. The summed E-state index contributed by atoms with van der Waals surface area (Å²) in [6.07, 6.45) is -0.748. The average Bonchev–Trinajstić information content (AvgIpc) is 2.71. The molecule has 0 spiro atoms. The summed E-state index contributed by atoms with van der Waals surface area (Å²) in [5, 5.41) is 15.5. The van der Waals surface area contributed by atoms with Gasteiger partial charge >= 0.3 is 11.9 Å². The minimum atomic E-state index is -1.40. The van der Waals surface area contributed by atoms with E-state index in [1.165, 1.54) is 13.8 Å². The number of carbonyl (C=O) groups excluding carboxylic acids is 4. The lowest BCUT2D eigenvalue weighted by Gasteiger charge is -2.19. The van der Waals surface area contributed by atoms with Gasteiger partial charge in [0, 0.05) is 6.92 Å². The zero-order valence-electron chi connectivity index (χ0n) is 17.2. The third-order valence-corrected chi connectivity index (χ3v) is 4.49. The summed E-state index contributed by atoms with van der Waals surface area (Å²) in [6, 6.07) is 10.7. The number of ether oxygens (including phenoxy) is 1. The van der Waals surface area contributed by atoms with Crippen molar-refractivity contribution in [2.24, 2.45) is 0 Å². The third kappa shape index (κ3) is 7.22. The number of benzene rings is 2. The van der Waals surface area contributed by atoms with E-state index in [2.05, 4.69) is 10.6 Å². The van der Waals surface area contributed by atoms with E-state index in [1.54, 1.807) is 6.07 Å². The van der Waals surface area contributed by atoms with Gasteiger partial charge in [-0.15, -0.1) is 0 Å². The molecule has 0 unspecified atom stereocenters. The Morgan fingerprint density at radius 3 is 2.35 bits per heavy atom. The zero-order valence-corrected chi connectivity index (χ0v) is 17.2. The van der Waals surface area contributed by atoms with Gasteiger partial charge in [-0.05, 0) is 23.3 Å². The number of carbonyl (C=O) groups is 5. The number of hydrogen-bond acceptors (Lipinski definition) is 6. The fourth-order valence-electron chi connectivity index (χ4n) is 2.99. The molecule has 0 saturated heterocycles. The molecule has 0 aliphatic rings. The van der Waals surface area contributed by atoms with Gasteiger partial charge in [-0.3, -0.25) is 24.0 Å². The standard InChI is InChI=1S/C22H24N2O7/c1-13(23-14(2)25)22(30)24-18(11-20(27)28)19(26)12-31-21(29)10-16-8-5-7-15-6-3-4-9-17(15)16/h3-9,13,18H,10-12H2,1-2H3,(H,23,25)(H,24,30)(H,27,28)/t13-,18-/m0/s1. The molecule has 0 heterocycles. The zero-order chi connectivity index (χ0) is 23.0. The van der Waals surface area contributed by atoms with Crippen LogP contribution < -0.4 is 10.6 Å². The molecule has 0 radical (unpaired) electrons. The Balaban J connectivity index is 1.97. The van der Waals surface area contributed by atoms with E-state index in [9.17, 15) is 24.0 Å². The topological polar surface area (TPSA) is 139 Å². The second-order valence-corrected chi connectivity index (χ2v) is 7.02. The smallest absolute Gasteiger partial charge is 0.310 e. The summed E-state index contributed by atoms with van der Waals surface area (Å²) < 4.78 is 5.02. The van der Waals surface area contributed by atoms with Gasteiger partial charge < -0.3 is 20.5 Å². The highest BCUT2D eigenvalue weighted by Crippen LogP contribution is 2.19. The molecule has 0 bridgehead atoms. The molecule has 9 nitrogen and oxygen atoms in total. The minimum Gasteiger partial charge on any atom is -0.481 e. The van der Waals surface area contributed by atoms with Crippen molar-refractivity contribution in [1.29, 1.82) is 0 Å². The Kier molecular flexibility index (Phi) is 8.25. The number of rotatable bonds is 10. The first-order valence-corrected chi connectivity index (χ1v) is 9.61. The van der Waals surface area contributed by atoms with Gasteiger partial charge in [-0.2, -0.15) is 0 Å². The number of nitrogens with one attached hydrogen (secondary N) is 2. The van der Waals surface area contributed by atoms with Gasteiger partial charge in [0.2, 0.25) is 11.8 Å². The molecule has 164 valence electrons. The van der Waals surface area contributed by atoms with Crippen LogP contribution in [-0.4, -0.2) is 53.3 Å². The monoisotopic (exact) mass is 428 g/mol. The molecule has 3 N–H and O–H groups in total. The van der Waals surface area contributed by atoms with Crippen molar-refractivity contribution in [2.75, 3.05) is 6.61 Å². The molecule has 2 atom stereocenters. The maximum Gasteiger partial charge on any atom is 0.310 e. The lowest BCUT2D eigenvalue weighted by molar-refractivity contribution is -0.148. The molecule has 9 heteroatoms. The lowest BCUT2D eigenvalue weighted by atomic mass is 10.0. The molecule has 2 aromatic carbocycles. The Hall–Kier alpha value is -3.75. The molecule has 0 fully saturated rings. The molecule has 0 aliphatic carbocycles. The molecule has 2 rings (SSSR count). The first-order chi connectivity index (χ1) is 14.7. The molecule has 0 aromatic heterocycles. The van der Waals surface area contributed by atoms with Crippen LogP contribution in [0.15, 0.2) is 42.5 Å². The van der Waals surface area contributed by atoms with Crippen molar-refractivity contribution >= 4 is 40.3 Å². The summed E-state index contributed by atoms with van der Waals surface area (Å²) in [4.78, 5) is 58.8.